The fourth-order valence-corrected chi connectivity index (χ4v) is 2.92. The second-order valence-electron chi connectivity index (χ2n) is 6.38. The minimum absolute atomic E-state index is 0.279. The van der Waals surface area contributed by atoms with Gasteiger partial charge in [-0.3, -0.25) is 0 Å². The Labute approximate surface area is 168 Å². The first-order chi connectivity index (χ1) is 13.6. The Morgan fingerprint density at radius 2 is 1.60 bits per heavy atom. The van der Waals surface area contributed by atoms with Crippen molar-refractivity contribution in [1.29, 1.82) is 0 Å². The van der Waals surface area contributed by atoms with E-state index in [1.165, 1.54) is 6.07 Å². The summed E-state index contributed by atoms with van der Waals surface area (Å²) in [5, 5.41) is 6.99. The van der Waals surface area contributed by atoms with Crippen LogP contribution in [0.15, 0.2) is 30.6 Å². The molecule has 0 aliphatic carbocycles. The summed E-state index contributed by atoms with van der Waals surface area (Å²) in [6, 6.07) is 4.70. The van der Waals surface area contributed by atoms with E-state index < -0.39 is 35.4 Å². The molecule has 0 unspecified atom stereocenters. The maximum atomic E-state index is 13.8. The van der Waals surface area contributed by atoms with E-state index in [1.54, 1.807) is 19.1 Å². The number of rotatable bonds is 3. The predicted octanol–water partition coefficient (Wildman–Crippen LogP) is 5.91. The van der Waals surface area contributed by atoms with Gasteiger partial charge in [0.1, 0.15) is 5.56 Å². The molecule has 0 amide bonds. The van der Waals surface area contributed by atoms with Crippen LogP contribution in [0.25, 0.3) is 16.9 Å². The summed E-state index contributed by atoms with van der Waals surface area (Å²) in [5.74, 6) is -6.91. The largest absolute Gasteiger partial charge is 0.459 e. The van der Waals surface area contributed by atoms with Crippen molar-refractivity contribution in [3.8, 4) is 16.9 Å². The summed E-state index contributed by atoms with van der Waals surface area (Å²) in [7, 11) is 0.814. The molecule has 13 heteroatoms. The summed E-state index contributed by atoms with van der Waals surface area (Å²) >= 11 is 5.92. The smallest absolute Gasteiger partial charge is 0.250 e. The topological polar surface area (TPSA) is 35.6 Å². The zero-order chi connectivity index (χ0) is 22.6. The van der Waals surface area contributed by atoms with Crippen LogP contribution in [-0.4, -0.2) is 25.7 Å². The Morgan fingerprint density at radius 1 is 0.967 bits per heavy atom. The van der Waals surface area contributed by atoms with Gasteiger partial charge in [-0.25, -0.2) is 9.36 Å². The highest BCUT2D eigenvalue weighted by molar-refractivity contribution is 6.31. The van der Waals surface area contributed by atoms with Gasteiger partial charge in [0.2, 0.25) is 0 Å². The van der Waals surface area contributed by atoms with Gasteiger partial charge in [-0.05, 0) is 30.2 Å². The van der Waals surface area contributed by atoms with E-state index in [0.29, 0.717) is 20.8 Å². The van der Waals surface area contributed by atoms with Gasteiger partial charge in [-0.1, -0.05) is 17.7 Å². The van der Waals surface area contributed by atoms with Crippen LogP contribution >= 0.6 is 11.6 Å². The molecule has 0 spiro atoms. The average molecular weight is 459 g/mol. The van der Waals surface area contributed by atoms with E-state index in [1.807, 2.05) is 0 Å². The predicted molar refractivity (Wildman–Crippen MR) is 90.5 cm³/mol. The zero-order valence-corrected chi connectivity index (χ0v) is 15.8. The monoisotopic (exact) mass is 458 g/mol. The molecular formula is C17H11ClF8N4. The first-order valence-electron chi connectivity index (χ1n) is 8.05. The van der Waals surface area contributed by atoms with Crippen molar-refractivity contribution in [3.63, 3.8) is 0 Å². The van der Waals surface area contributed by atoms with Gasteiger partial charge in [-0.2, -0.15) is 45.3 Å². The van der Waals surface area contributed by atoms with Crippen molar-refractivity contribution in [2.45, 2.75) is 25.2 Å². The molecule has 162 valence electrons. The molecular weight excluding hydrogens is 448 g/mol. The molecule has 0 fully saturated rings. The Bertz CT molecular complexity index is 1090. The molecule has 30 heavy (non-hydrogen) atoms. The molecule has 0 aliphatic heterocycles. The van der Waals surface area contributed by atoms with Crippen LogP contribution < -0.4 is 0 Å². The summed E-state index contributed by atoms with van der Waals surface area (Å²) in [6.45, 7) is 1.69. The minimum Gasteiger partial charge on any atom is -0.250 e. The van der Waals surface area contributed by atoms with Gasteiger partial charge < -0.3 is 0 Å². The lowest BCUT2D eigenvalue weighted by Gasteiger charge is -2.19. The van der Waals surface area contributed by atoms with E-state index in [0.717, 1.165) is 19.4 Å². The highest BCUT2D eigenvalue weighted by Gasteiger charge is 2.64. The number of aryl methyl sites for hydroxylation is 2. The SMILES string of the molecule is Cc1cc(-c2cnn(-c3c(C(F)(F)F)c(C(F)(F)C(F)(F)F)nn3C)c2)ccc1Cl. The van der Waals surface area contributed by atoms with Gasteiger partial charge in [0.05, 0.1) is 6.20 Å². The van der Waals surface area contributed by atoms with E-state index in [9.17, 15) is 35.1 Å². The Morgan fingerprint density at radius 3 is 2.13 bits per heavy atom. The molecule has 0 atom stereocenters. The Hall–Kier alpha value is -2.63. The second kappa shape index (κ2) is 6.96. The van der Waals surface area contributed by atoms with Crippen LogP contribution in [0.1, 0.15) is 16.8 Å². The second-order valence-corrected chi connectivity index (χ2v) is 6.79. The molecule has 0 bridgehead atoms. The highest BCUT2D eigenvalue weighted by atomic mass is 35.5. The van der Waals surface area contributed by atoms with E-state index in [4.69, 9.17) is 11.6 Å². The summed E-state index contributed by atoms with van der Waals surface area (Å²) in [4.78, 5) is 0. The van der Waals surface area contributed by atoms with Crippen molar-refractivity contribution in [2.24, 2.45) is 7.05 Å². The number of aromatic nitrogens is 4. The van der Waals surface area contributed by atoms with Crippen LogP contribution in [0, 0.1) is 6.92 Å². The first kappa shape index (κ1) is 22.1. The lowest BCUT2D eigenvalue weighted by molar-refractivity contribution is -0.292. The third-order valence-electron chi connectivity index (χ3n) is 4.24. The molecule has 0 saturated carbocycles. The number of hydrogen-bond donors (Lipinski definition) is 0. The molecule has 2 aromatic heterocycles. The molecule has 2 heterocycles. The van der Waals surface area contributed by atoms with E-state index in [-0.39, 0.29) is 10.2 Å². The van der Waals surface area contributed by atoms with Gasteiger partial charge in [0, 0.05) is 23.8 Å². The maximum Gasteiger partial charge on any atom is 0.459 e. The zero-order valence-electron chi connectivity index (χ0n) is 15.1. The molecule has 0 saturated heterocycles. The van der Waals surface area contributed by atoms with Crippen molar-refractivity contribution in [2.75, 3.05) is 0 Å². The molecule has 3 rings (SSSR count). The maximum absolute atomic E-state index is 13.8. The highest BCUT2D eigenvalue weighted by Crippen LogP contribution is 2.49. The normalized spacial score (nSPS) is 13.2. The number of benzene rings is 1. The fourth-order valence-electron chi connectivity index (χ4n) is 2.80. The molecule has 3 aromatic rings. The lowest BCUT2D eigenvalue weighted by Crippen LogP contribution is -2.36. The van der Waals surface area contributed by atoms with E-state index >= 15 is 0 Å². The van der Waals surface area contributed by atoms with Crippen LogP contribution in [0.5, 0.6) is 0 Å². The number of alkyl halides is 8. The first-order valence-corrected chi connectivity index (χ1v) is 8.43. The van der Waals surface area contributed by atoms with Crippen LogP contribution in [0.3, 0.4) is 0 Å². The molecule has 0 N–H and O–H groups in total. The molecule has 0 aliphatic rings. The minimum atomic E-state index is -6.27. The Balaban J connectivity index is 2.20. The number of hydrogen-bond acceptors (Lipinski definition) is 2. The summed E-state index contributed by atoms with van der Waals surface area (Å²) in [6.07, 6.45) is -9.63. The van der Waals surface area contributed by atoms with Crippen molar-refractivity contribution >= 4 is 11.6 Å². The standard InChI is InChI=1S/C17H11ClF8N4/c1-8-5-9(3-4-11(8)18)10-6-27-30(7-10)14-12(16(21,22)23)13(28-29(14)2)15(19,20)17(24,25)26/h3-7H,1-2H3. The van der Waals surface area contributed by atoms with Crippen LogP contribution in [0.4, 0.5) is 35.1 Å². The van der Waals surface area contributed by atoms with Crippen LogP contribution in [0.2, 0.25) is 5.02 Å². The van der Waals surface area contributed by atoms with Gasteiger partial charge in [-0.15, -0.1) is 0 Å². The van der Waals surface area contributed by atoms with Crippen LogP contribution in [-0.2, 0) is 19.1 Å². The molecule has 1 aromatic carbocycles. The quantitative estimate of drug-likeness (QED) is 0.458. The summed E-state index contributed by atoms with van der Waals surface area (Å²) < 4.78 is 107. The number of nitrogens with zero attached hydrogens (tertiary/aromatic N) is 4. The summed E-state index contributed by atoms with van der Waals surface area (Å²) in [5.41, 5.74) is -3.23. The lowest BCUT2D eigenvalue weighted by atomic mass is 10.1. The van der Waals surface area contributed by atoms with Gasteiger partial charge in [0.25, 0.3) is 0 Å². The molecule has 0 radical (unpaired) electrons. The third kappa shape index (κ3) is 3.64. The van der Waals surface area contributed by atoms with Gasteiger partial charge >= 0.3 is 18.3 Å². The Kier molecular flexibility index (Phi) is 5.12. The van der Waals surface area contributed by atoms with Crippen molar-refractivity contribution in [1.82, 2.24) is 19.6 Å². The fraction of sp³-hybridized carbons (Fsp3) is 0.294. The van der Waals surface area contributed by atoms with E-state index in [2.05, 4.69) is 10.2 Å². The van der Waals surface area contributed by atoms with Gasteiger partial charge in [0.15, 0.2) is 11.5 Å². The average Bonchev–Trinajstić information content (AvgIpc) is 3.20. The third-order valence-corrected chi connectivity index (χ3v) is 4.67. The molecule has 4 nitrogen and oxygen atoms in total. The van der Waals surface area contributed by atoms with Crippen molar-refractivity contribution in [3.05, 3.63) is 52.4 Å². The number of halogens is 9. The van der Waals surface area contributed by atoms with Crippen molar-refractivity contribution < 1.29 is 35.1 Å².